The lowest BCUT2D eigenvalue weighted by Crippen LogP contribution is -2.55. The van der Waals surface area contributed by atoms with Crippen molar-refractivity contribution in [3.8, 4) is 0 Å². The third kappa shape index (κ3) is 2.52. The molecule has 1 aliphatic carbocycles. The number of halogens is 2. The maximum Gasteiger partial charge on any atom is 0.235 e. The van der Waals surface area contributed by atoms with Crippen LogP contribution in [-0.2, 0) is 10.3 Å². The Labute approximate surface area is 120 Å². The molecule has 0 aromatic carbocycles. The third-order valence-electron chi connectivity index (χ3n) is 3.45. The average molecular weight is 308 g/mol. The lowest BCUT2D eigenvalue weighted by atomic mass is 9.75. The monoisotopic (exact) mass is 307 g/mol. The molecule has 1 aromatic heterocycles. The Kier molecular flexibility index (Phi) is 4.54. The fourth-order valence-corrected chi connectivity index (χ4v) is 3.73. The van der Waals surface area contributed by atoms with Crippen molar-refractivity contribution in [2.45, 2.75) is 37.3 Å². The standard InChI is InChI=1S/C12H15Cl2NO2S/c13-7-10(17)15-12(5-2-1-3-9(12)16)8-4-6-18-11(8)14/h4,6,9,16H,1-3,5,7H2,(H,15,17)/t9-,12-/m1/s1. The number of alkyl halides is 1. The molecule has 1 fully saturated rings. The molecule has 0 spiro atoms. The topological polar surface area (TPSA) is 49.3 Å². The number of aliphatic hydroxyl groups is 1. The van der Waals surface area contributed by atoms with E-state index < -0.39 is 11.6 Å². The first-order valence-corrected chi connectivity index (χ1v) is 7.68. The van der Waals surface area contributed by atoms with Gasteiger partial charge in [0.15, 0.2) is 0 Å². The molecule has 2 atom stereocenters. The number of aliphatic hydroxyl groups excluding tert-OH is 1. The minimum Gasteiger partial charge on any atom is -0.390 e. The van der Waals surface area contributed by atoms with E-state index in [0.717, 1.165) is 18.4 Å². The summed E-state index contributed by atoms with van der Waals surface area (Å²) in [7, 11) is 0. The molecule has 1 aromatic rings. The van der Waals surface area contributed by atoms with Crippen molar-refractivity contribution in [3.63, 3.8) is 0 Å². The summed E-state index contributed by atoms with van der Waals surface area (Å²) in [5.74, 6) is -0.393. The second-order valence-corrected chi connectivity index (χ2v) is 6.31. The van der Waals surface area contributed by atoms with Gasteiger partial charge in [0.25, 0.3) is 0 Å². The molecule has 100 valence electrons. The summed E-state index contributed by atoms with van der Waals surface area (Å²) in [4.78, 5) is 11.6. The van der Waals surface area contributed by atoms with Crippen LogP contribution in [0, 0.1) is 0 Å². The summed E-state index contributed by atoms with van der Waals surface area (Å²) < 4.78 is 0.617. The largest absolute Gasteiger partial charge is 0.390 e. The first-order valence-electron chi connectivity index (χ1n) is 5.88. The van der Waals surface area contributed by atoms with Crippen LogP contribution in [0.1, 0.15) is 31.2 Å². The highest BCUT2D eigenvalue weighted by molar-refractivity contribution is 7.14. The van der Waals surface area contributed by atoms with E-state index >= 15 is 0 Å². The zero-order valence-corrected chi connectivity index (χ0v) is 12.1. The lowest BCUT2D eigenvalue weighted by Gasteiger charge is -2.42. The van der Waals surface area contributed by atoms with Gasteiger partial charge in [-0.05, 0) is 24.3 Å². The predicted molar refractivity (Wildman–Crippen MR) is 74.3 cm³/mol. The molecule has 0 unspecified atom stereocenters. The van der Waals surface area contributed by atoms with Crippen LogP contribution in [-0.4, -0.2) is 23.0 Å². The van der Waals surface area contributed by atoms with E-state index in [1.807, 2.05) is 11.4 Å². The van der Waals surface area contributed by atoms with E-state index in [1.54, 1.807) is 0 Å². The van der Waals surface area contributed by atoms with E-state index in [-0.39, 0.29) is 11.8 Å². The first kappa shape index (κ1) is 14.1. The minimum atomic E-state index is -0.776. The molecule has 0 radical (unpaired) electrons. The van der Waals surface area contributed by atoms with Gasteiger partial charge in [-0.3, -0.25) is 4.79 Å². The van der Waals surface area contributed by atoms with Crippen molar-refractivity contribution in [1.82, 2.24) is 5.32 Å². The summed E-state index contributed by atoms with van der Waals surface area (Å²) >= 11 is 13.1. The summed E-state index contributed by atoms with van der Waals surface area (Å²) in [6.45, 7) is 0. The number of thiophene rings is 1. The number of hydrogen-bond acceptors (Lipinski definition) is 3. The van der Waals surface area contributed by atoms with Crippen LogP contribution in [0.15, 0.2) is 11.4 Å². The maximum atomic E-state index is 11.6. The Hall–Kier alpha value is -0.290. The molecule has 1 heterocycles. The third-order valence-corrected chi connectivity index (χ3v) is 4.86. The summed E-state index contributed by atoms with van der Waals surface area (Å²) in [5.41, 5.74) is 0.0289. The van der Waals surface area contributed by atoms with Gasteiger partial charge in [-0.1, -0.05) is 24.4 Å². The van der Waals surface area contributed by atoms with Gasteiger partial charge >= 0.3 is 0 Å². The summed E-state index contributed by atoms with van der Waals surface area (Å²) in [6, 6.07) is 1.87. The molecule has 1 aliphatic rings. The highest BCUT2D eigenvalue weighted by Crippen LogP contribution is 2.42. The van der Waals surface area contributed by atoms with Gasteiger partial charge in [0.05, 0.1) is 16.0 Å². The van der Waals surface area contributed by atoms with Gasteiger partial charge in [-0.2, -0.15) is 0 Å². The predicted octanol–water partition coefficient (Wildman–Crippen LogP) is 2.89. The van der Waals surface area contributed by atoms with Gasteiger partial charge in [0, 0.05) is 5.56 Å². The number of carbonyl (C=O) groups excluding carboxylic acids is 1. The van der Waals surface area contributed by atoms with Crippen molar-refractivity contribution in [2.75, 3.05) is 5.88 Å². The SMILES string of the molecule is O=C(CCl)N[C@@]1(c2ccsc2Cl)CCCC[C@H]1O. The quantitative estimate of drug-likeness (QED) is 0.844. The fraction of sp³-hybridized carbons (Fsp3) is 0.583. The Morgan fingerprint density at radius 2 is 2.39 bits per heavy atom. The lowest BCUT2D eigenvalue weighted by molar-refractivity contribution is -0.123. The molecule has 0 saturated heterocycles. The average Bonchev–Trinajstić information content (AvgIpc) is 2.79. The zero-order valence-electron chi connectivity index (χ0n) is 9.79. The molecule has 6 heteroatoms. The van der Waals surface area contributed by atoms with Crippen LogP contribution < -0.4 is 5.32 Å². The van der Waals surface area contributed by atoms with Crippen LogP contribution in [0.5, 0.6) is 0 Å². The van der Waals surface area contributed by atoms with E-state index in [1.165, 1.54) is 11.3 Å². The van der Waals surface area contributed by atoms with Crippen molar-refractivity contribution < 1.29 is 9.90 Å². The number of rotatable bonds is 3. The molecular weight excluding hydrogens is 293 g/mol. The van der Waals surface area contributed by atoms with Crippen LogP contribution in [0.4, 0.5) is 0 Å². The van der Waals surface area contributed by atoms with E-state index in [2.05, 4.69) is 5.32 Å². The van der Waals surface area contributed by atoms with Crippen LogP contribution in [0.2, 0.25) is 4.34 Å². The van der Waals surface area contributed by atoms with Gasteiger partial charge in [0.1, 0.15) is 5.88 Å². The molecule has 2 N–H and O–H groups in total. The van der Waals surface area contributed by atoms with Gasteiger partial charge in [-0.25, -0.2) is 0 Å². The number of hydrogen-bond donors (Lipinski definition) is 2. The maximum absolute atomic E-state index is 11.6. The van der Waals surface area contributed by atoms with Crippen molar-refractivity contribution >= 4 is 40.4 Å². The van der Waals surface area contributed by atoms with Crippen LogP contribution in [0.3, 0.4) is 0 Å². The van der Waals surface area contributed by atoms with Crippen molar-refractivity contribution in [2.24, 2.45) is 0 Å². The molecular formula is C12H15Cl2NO2S. The van der Waals surface area contributed by atoms with Crippen LogP contribution in [0.25, 0.3) is 0 Å². The highest BCUT2D eigenvalue weighted by atomic mass is 35.5. The zero-order chi connectivity index (χ0) is 13.2. The van der Waals surface area contributed by atoms with Gasteiger partial charge in [-0.15, -0.1) is 22.9 Å². The molecule has 3 nitrogen and oxygen atoms in total. The molecule has 2 rings (SSSR count). The van der Waals surface area contributed by atoms with Crippen molar-refractivity contribution in [1.29, 1.82) is 0 Å². The molecule has 1 amide bonds. The Morgan fingerprint density at radius 1 is 1.61 bits per heavy atom. The van der Waals surface area contributed by atoms with E-state index in [4.69, 9.17) is 23.2 Å². The Morgan fingerprint density at radius 3 is 2.94 bits per heavy atom. The molecule has 1 saturated carbocycles. The minimum absolute atomic E-state index is 0.115. The number of nitrogens with one attached hydrogen (secondary N) is 1. The van der Waals surface area contributed by atoms with Crippen molar-refractivity contribution in [3.05, 3.63) is 21.3 Å². The van der Waals surface area contributed by atoms with E-state index in [0.29, 0.717) is 17.2 Å². The summed E-state index contributed by atoms with van der Waals surface area (Å²) in [6.07, 6.45) is 2.64. The summed E-state index contributed by atoms with van der Waals surface area (Å²) in [5, 5.41) is 15.1. The van der Waals surface area contributed by atoms with E-state index in [9.17, 15) is 9.90 Å². The molecule has 0 bridgehead atoms. The van der Waals surface area contributed by atoms with Gasteiger partial charge in [0.2, 0.25) is 5.91 Å². The second kappa shape index (κ2) is 5.78. The Bertz CT molecular complexity index is 437. The highest BCUT2D eigenvalue weighted by Gasteiger charge is 2.44. The fourth-order valence-electron chi connectivity index (χ4n) is 2.58. The number of carbonyl (C=O) groups is 1. The second-order valence-electron chi connectivity index (χ2n) is 4.52. The Balaban J connectivity index is 2.39. The molecule has 0 aliphatic heterocycles. The molecule has 18 heavy (non-hydrogen) atoms. The smallest absolute Gasteiger partial charge is 0.235 e. The normalized spacial score (nSPS) is 28.1. The number of amides is 1. The van der Waals surface area contributed by atoms with Gasteiger partial charge < -0.3 is 10.4 Å². The van der Waals surface area contributed by atoms with Crippen LogP contribution >= 0.6 is 34.5 Å². The first-order chi connectivity index (χ1) is 8.60.